The number of carbonyl (C=O) groups is 2. The van der Waals surface area contributed by atoms with Crippen LogP contribution in [0.25, 0.3) is 0 Å². The number of halogens is 3. The Morgan fingerprint density at radius 2 is 1.77 bits per heavy atom. The average Bonchev–Trinajstić information content (AvgIpc) is 3.58. The molecule has 0 aliphatic carbocycles. The fraction of sp³-hybridized carbons (Fsp3) is 0.343. The van der Waals surface area contributed by atoms with Crippen LogP contribution in [-0.2, 0) is 22.4 Å². The minimum Gasteiger partial charge on any atom is -0.493 e. The van der Waals surface area contributed by atoms with Crippen LogP contribution in [0.15, 0.2) is 66.3 Å². The number of nitrogens with zero attached hydrogens (tertiary/aromatic N) is 2. The normalized spacial score (nSPS) is 19.0. The van der Waals surface area contributed by atoms with Crippen molar-refractivity contribution >= 4 is 52.3 Å². The molecule has 4 aromatic rings. The number of hydrogen-bond donors (Lipinski definition) is 0. The van der Waals surface area contributed by atoms with Crippen LogP contribution in [0.1, 0.15) is 45.3 Å². The maximum Gasteiger partial charge on any atom is 0.415 e. The molecule has 13 heteroatoms. The van der Waals surface area contributed by atoms with E-state index in [1.54, 1.807) is 60.2 Å². The Balaban J connectivity index is 1.23. The van der Waals surface area contributed by atoms with Crippen LogP contribution in [0.4, 0.5) is 14.9 Å². The van der Waals surface area contributed by atoms with Gasteiger partial charge >= 0.3 is 12.1 Å². The molecule has 3 aliphatic heterocycles. The molecule has 0 unspecified atom stereocenters. The zero-order valence-corrected chi connectivity index (χ0v) is 28.7. The zero-order valence-electron chi connectivity index (χ0n) is 26.4. The van der Waals surface area contributed by atoms with Gasteiger partial charge in [-0.2, -0.15) is 0 Å². The predicted molar refractivity (Wildman–Crippen MR) is 181 cm³/mol. The lowest BCUT2D eigenvalue weighted by molar-refractivity contribution is -0.377. The van der Waals surface area contributed by atoms with Crippen LogP contribution in [-0.4, -0.2) is 56.9 Å². The number of ether oxygens (including phenoxy) is 4. The number of thiophene rings is 1. The zero-order chi connectivity index (χ0) is 33.8. The van der Waals surface area contributed by atoms with E-state index in [4.69, 9.17) is 42.1 Å². The van der Waals surface area contributed by atoms with Crippen LogP contribution in [0.3, 0.4) is 0 Å². The number of esters is 1. The molecule has 1 N–H and O–H groups in total. The van der Waals surface area contributed by atoms with Crippen LogP contribution in [0, 0.1) is 11.7 Å². The Bertz CT molecular complexity index is 1760. The Morgan fingerprint density at radius 1 is 1.04 bits per heavy atom. The van der Waals surface area contributed by atoms with E-state index in [0.717, 1.165) is 37.3 Å². The highest BCUT2D eigenvalue weighted by atomic mass is 35.5. The monoisotopic (exact) mass is 714 g/mol. The second-order valence-electron chi connectivity index (χ2n) is 11.8. The number of hydrogen-bond acceptors (Lipinski definition) is 8. The molecule has 2 aromatic heterocycles. The van der Waals surface area contributed by atoms with Gasteiger partial charge < -0.3 is 18.9 Å². The molecule has 48 heavy (non-hydrogen) atoms. The number of amides is 1. The van der Waals surface area contributed by atoms with E-state index >= 15 is 4.39 Å². The second-order valence-corrected chi connectivity index (χ2v) is 13.5. The van der Waals surface area contributed by atoms with Crippen molar-refractivity contribution in [3.8, 4) is 11.5 Å². The van der Waals surface area contributed by atoms with Crippen molar-refractivity contribution < 1.29 is 37.9 Å². The fourth-order valence-corrected chi connectivity index (χ4v) is 7.55. The maximum absolute atomic E-state index is 15.0. The summed E-state index contributed by atoms with van der Waals surface area (Å²) in [6.45, 7) is 2.67. The lowest BCUT2D eigenvalue weighted by Crippen LogP contribution is -2.53. The molecule has 1 amide bonds. The number of nitrogens with one attached hydrogen (secondary N) is 1. The molecular formula is C35H35Cl2FN3O6S+. The quantitative estimate of drug-likeness (QED) is 0.150. The number of benzene rings is 2. The third kappa shape index (κ3) is 7.54. The first-order valence-electron chi connectivity index (χ1n) is 15.5. The largest absolute Gasteiger partial charge is 0.493 e. The summed E-state index contributed by atoms with van der Waals surface area (Å²) in [5.74, 6) is 0.138. The molecule has 0 saturated carbocycles. The molecule has 3 aliphatic rings. The third-order valence-electron chi connectivity index (χ3n) is 8.82. The summed E-state index contributed by atoms with van der Waals surface area (Å²) in [5, 5.41) is 2.53. The van der Waals surface area contributed by atoms with E-state index in [2.05, 4.69) is 9.88 Å². The first kappa shape index (κ1) is 34.0. The van der Waals surface area contributed by atoms with Gasteiger partial charge in [-0.15, -0.1) is 11.3 Å². The number of carbonyl (C=O) groups excluding carboxylic acids is 2. The van der Waals surface area contributed by atoms with Gasteiger partial charge in [0.25, 0.3) is 0 Å². The van der Waals surface area contributed by atoms with E-state index in [0.29, 0.717) is 55.6 Å². The molecule has 2 atom stereocenters. The number of pyridine rings is 1. The number of methoxy groups -OCH3 is 2. The predicted octanol–water partition coefficient (Wildman–Crippen LogP) is 7.40. The van der Waals surface area contributed by atoms with Gasteiger partial charge in [-0.3, -0.25) is 9.80 Å². The van der Waals surface area contributed by atoms with E-state index < -0.39 is 24.0 Å². The van der Waals surface area contributed by atoms with Crippen molar-refractivity contribution in [3.63, 3.8) is 0 Å². The molecule has 0 radical (unpaired) electrons. The minimum atomic E-state index is -0.799. The maximum atomic E-state index is 15.0. The molecule has 3 saturated heterocycles. The van der Waals surface area contributed by atoms with Crippen molar-refractivity contribution in [1.82, 2.24) is 4.90 Å². The van der Waals surface area contributed by atoms with E-state index in [9.17, 15) is 9.59 Å². The lowest BCUT2D eigenvalue weighted by atomic mass is 9.86. The molecule has 252 valence electrons. The molecule has 7 rings (SSSR count). The number of aromatic amines is 1. The Kier molecular flexibility index (Phi) is 10.7. The third-order valence-corrected chi connectivity index (χ3v) is 10.5. The van der Waals surface area contributed by atoms with Crippen LogP contribution in [0.2, 0.25) is 10.0 Å². The summed E-state index contributed by atoms with van der Waals surface area (Å²) in [4.78, 5) is 34.0. The standard InChI is InChI=1S/C35H34Cl2FN3O6S/c1-44-29-8-7-23(14-31(29)45-2)30(15-24-25(36)16-39-17-26(24)37)46-34(42)33-13-21(20-48-33)18-41(28-6-4-3-5-27(28)38)35(43)47-32-19-40-11-9-22(32)10-12-40/h3-8,13-14,16-17,20,22,30,32H,9-12,15,18-19H2,1-2H3/p+1/t30-,32-/m0/s1. The molecule has 3 fully saturated rings. The highest BCUT2D eigenvalue weighted by Gasteiger charge is 2.38. The highest BCUT2D eigenvalue weighted by Crippen LogP contribution is 2.36. The van der Waals surface area contributed by atoms with Gasteiger partial charge in [0.1, 0.15) is 32.9 Å². The van der Waals surface area contributed by atoms with Gasteiger partial charge in [0.05, 0.1) is 26.5 Å². The van der Waals surface area contributed by atoms with Crippen molar-refractivity contribution in [2.24, 2.45) is 5.92 Å². The second kappa shape index (κ2) is 15.1. The number of para-hydroxylation sites is 1. The van der Waals surface area contributed by atoms with E-state index in [1.165, 1.54) is 25.2 Å². The molecule has 0 spiro atoms. The fourth-order valence-electron chi connectivity index (χ4n) is 6.23. The highest BCUT2D eigenvalue weighted by molar-refractivity contribution is 7.12. The Labute approximate surface area is 292 Å². The van der Waals surface area contributed by atoms with Gasteiger partial charge in [-0.25, -0.2) is 19.0 Å². The number of piperidine rings is 3. The van der Waals surface area contributed by atoms with Gasteiger partial charge in [0.15, 0.2) is 23.9 Å². The molecule has 9 nitrogen and oxygen atoms in total. The van der Waals surface area contributed by atoms with E-state index in [-0.39, 0.29) is 24.8 Å². The average molecular weight is 716 g/mol. The summed E-state index contributed by atoms with van der Waals surface area (Å²) in [5.41, 5.74) is 1.95. The van der Waals surface area contributed by atoms with Gasteiger partial charge in [-0.1, -0.05) is 41.4 Å². The topological polar surface area (TPSA) is 91.7 Å². The smallest absolute Gasteiger partial charge is 0.415 e. The minimum absolute atomic E-state index is 0.00448. The van der Waals surface area contributed by atoms with Gasteiger partial charge in [0.2, 0.25) is 0 Å². The summed E-state index contributed by atoms with van der Waals surface area (Å²) in [6.07, 6.45) is 3.65. The van der Waals surface area contributed by atoms with Crippen molar-refractivity contribution in [1.29, 1.82) is 0 Å². The summed E-state index contributed by atoms with van der Waals surface area (Å²) in [6, 6.07) is 13.0. The summed E-state index contributed by atoms with van der Waals surface area (Å²) >= 11 is 14.1. The molecule has 2 aromatic carbocycles. The van der Waals surface area contributed by atoms with Crippen LogP contribution >= 0.6 is 34.5 Å². The van der Waals surface area contributed by atoms with Crippen LogP contribution < -0.4 is 19.4 Å². The first-order valence-corrected chi connectivity index (χ1v) is 17.2. The molecule has 5 heterocycles. The van der Waals surface area contributed by atoms with Crippen LogP contribution in [0.5, 0.6) is 11.5 Å². The SMILES string of the molecule is COc1ccc([C@H](Cc2c(Cl)c[nH+]cc2Cl)OC(=O)c2cc(CN(C(=O)O[C@H]3CN4CCC3CC4)c3ccccc3F)cs2)cc1OC. The van der Waals surface area contributed by atoms with Gasteiger partial charge in [-0.05, 0) is 78.7 Å². The first-order chi connectivity index (χ1) is 23.2. The van der Waals surface area contributed by atoms with Crippen molar-refractivity contribution in [3.05, 3.63) is 104 Å². The Hall–Kier alpha value is -3.90. The number of aromatic nitrogens is 1. The van der Waals surface area contributed by atoms with Crippen molar-refractivity contribution in [2.45, 2.75) is 38.0 Å². The van der Waals surface area contributed by atoms with E-state index in [1.807, 2.05) is 0 Å². The number of fused-ring (bicyclic) bond motifs is 3. The lowest BCUT2D eigenvalue weighted by Gasteiger charge is -2.44. The summed E-state index contributed by atoms with van der Waals surface area (Å²) in [7, 11) is 3.06. The Morgan fingerprint density at radius 3 is 2.44 bits per heavy atom. The summed E-state index contributed by atoms with van der Waals surface area (Å²) < 4.78 is 38.0. The molecular weight excluding hydrogens is 680 g/mol. The number of H-pyrrole nitrogens is 1. The van der Waals surface area contributed by atoms with Crippen molar-refractivity contribution in [2.75, 3.05) is 38.8 Å². The number of rotatable bonds is 11. The molecule has 2 bridgehead atoms. The van der Waals surface area contributed by atoms with Gasteiger partial charge in [0, 0.05) is 18.5 Å². The number of anilines is 1.